The summed E-state index contributed by atoms with van der Waals surface area (Å²) in [7, 11) is 0. The molecule has 4 N–H and O–H groups in total. The number of nitrogens with one attached hydrogen (secondary N) is 2. The first-order chi connectivity index (χ1) is 9.69. The highest BCUT2D eigenvalue weighted by Crippen LogP contribution is 2.21. The molecule has 0 unspecified atom stereocenters. The highest BCUT2D eigenvalue weighted by molar-refractivity contribution is 6.35. The van der Waals surface area contributed by atoms with E-state index in [4.69, 9.17) is 29.0 Å². The van der Waals surface area contributed by atoms with Crippen LogP contribution < -0.4 is 16.6 Å². The second kappa shape index (κ2) is 7.72. The largest absolute Gasteiger partial charge is 0.353 e. The molecule has 0 bridgehead atoms. The van der Waals surface area contributed by atoms with E-state index in [1.54, 1.807) is 6.07 Å². The fourth-order valence-electron chi connectivity index (χ4n) is 2.41. The van der Waals surface area contributed by atoms with Crippen LogP contribution in [0.1, 0.15) is 31.2 Å². The summed E-state index contributed by atoms with van der Waals surface area (Å²) in [5.74, 6) is 6.15. The molecule has 1 saturated carbocycles. The van der Waals surface area contributed by atoms with Crippen molar-refractivity contribution in [1.29, 1.82) is 0 Å². The molecule has 0 saturated heterocycles. The van der Waals surface area contributed by atoms with Gasteiger partial charge in [-0.25, -0.2) is 5.84 Å². The molecule has 0 spiro atoms. The van der Waals surface area contributed by atoms with Gasteiger partial charge in [-0.3, -0.25) is 10.4 Å². The Morgan fingerprint density at radius 2 is 2.05 bits per heavy atom. The number of hydrogen-bond acceptors (Lipinski definition) is 2. The summed E-state index contributed by atoms with van der Waals surface area (Å²) in [4.78, 5) is 4.44. The molecule has 0 atom stereocenters. The van der Waals surface area contributed by atoms with Gasteiger partial charge in [-0.05, 0) is 37.0 Å². The van der Waals surface area contributed by atoms with Gasteiger partial charge in [-0.1, -0.05) is 42.1 Å². The number of guanidine groups is 1. The van der Waals surface area contributed by atoms with Gasteiger partial charge in [0.1, 0.15) is 0 Å². The normalized spacial score (nSPS) is 16.4. The lowest BCUT2D eigenvalue weighted by atomic mass is 10.1. The van der Waals surface area contributed by atoms with E-state index in [2.05, 4.69) is 15.7 Å². The summed E-state index contributed by atoms with van der Waals surface area (Å²) in [5, 5.41) is 4.66. The molecular weight excluding hydrogens is 295 g/mol. The summed E-state index contributed by atoms with van der Waals surface area (Å²) < 4.78 is 0. The van der Waals surface area contributed by atoms with E-state index in [0.29, 0.717) is 28.6 Å². The Hall–Kier alpha value is -0.970. The molecule has 1 aliphatic rings. The van der Waals surface area contributed by atoms with Crippen LogP contribution in [0.4, 0.5) is 0 Å². The Morgan fingerprint density at radius 1 is 1.30 bits per heavy atom. The third kappa shape index (κ3) is 4.54. The number of benzene rings is 1. The molecule has 0 amide bonds. The van der Waals surface area contributed by atoms with Gasteiger partial charge >= 0.3 is 0 Å². The molecule has 0 radical (unpaired) electrons. The van der Waals surface area contributed by atoms with Crippen LogP contribution in [0.15, 0.2) is 23.2 Å². The molecule has 20 heavy (non-hydrogen) atoms. The topological polar surface area (TPSA) is 62.4 Å². The maximum Gasteiger partial charge on any atom is 0.205 e. The number of hydrazine groups is 1. The maximum absolute atomic E-state index is 6.13. The minimum Gasteiger partial charge on any atom is -0.353 e. The molecule has 1 aromatic carbocycles. The first kappa shape index (κ1) is 15.4. The summed E-state index contributed by atoms with van der Waals surface area (Å²) in [6.07, 6.45) is 5.67. The fourth-order valence-corrected chi connectivity index (χ4v) is 2.91. The zero-order valence-electron chi connectivity index (χ0n) is 11.3. The number of nitrogens with two attached hydrogens (primary N) is 1. The van der Waals surface area contributed by atoms with Gasteiger partial charge in [0.25, 0.3) is 0 Å². The fraction of sp³-hybridized carbons (Fsp3) is 0.500. The van der Waals surface area contributed by atoms with Gasteiger partial charge < -0.3 is 5.32 Å². The third-order valence-electron chi connectivity index (χ3n) is 3.50. The zero-order chi connectivity index (χ0) is 14.4. The SMILES string of the molecule is NNC(=NCCc1ccc(Cl)cc1Cl)NC1CCCC1. The zero-order valence-corrected chi connectivity index (χ0v) is 12.8. The van der Waals surface area contributed by atoms with Crippen LogP contribution in [-0.4, -0.2) is 18.5 Å². The predicted octanol–water partition coefficient (Wildman–Crippen LogP) is 2.89. The van der Waals surface area contributed by atoms with E-state index in [9.17, 15) is 0 Å². The van der Waals surface area contributed by atoms with Gasteiger partial charge in [-0.15, -0.1) is 0 Å². The first-order valence-corrected chi connectivity index (χ1v) is 7.66. The smallest absolute Gasteiger partial charge is 0.205 e. The number of aliphatic imine (C=N–C) groups is 1. The van der Waals surface area contributed by atoms with Crippen LogP contribution in [0.25, 0.3) is 0 Å². The van der Waals surface area contributed by atoms with Crippen LogP contribution in [0.2, 0.25) is 10.0 Å². The van der Waals surface area contributed by atoms with E-state index in [0.717, 1.165) is 12.0 Å². The third-order valence-corrected chi connectivity index (χ3v) is 4.09. The van der Waals surface area contributed by atoms with Crippen molar-refractivity contribution >= 4 is 29.2 Å². The van der Waals surface area contributed by atoms with Gasteiger partial charge in [-0.2, -0.15) is 0 Å². The second-order valence-electron chi connectivity index (χ2n) is 4.99. The molecule has 0 heterocycles. The van der Waals surface area contributed by atoms with Crippen molar-refractivity contribution in [2.45, 2.75) is 38.1 Å². The summed E-state index contributed by atoms with van der Waals surface area (Å²) >= 11 is 12.0. The molecule has 0 aliphatic heterocycles. The van der Waals surface area contributed by atoms with Crippen molar-refractivity contribution in [1.82, 2.24) is 10.7 Å². The molecular formula is C14H20Cl2N4. The Balaban J connectivity index is 1.86. The second-order valence-corrected chi connectivity index (χ2v) is 5.83. The average Bonchev–Trinajstić information content (AvgIpc) is 2.93. The van der Waals surface area contributed by atoms with Crippen LogP contribution in [0, 0.1) is 0 Å². The first-order valence-electron chi connectivity index (χ1n) is 6.90. The lowest BCUT2D eigenvalue weighted by molar-refractivity contribution is 0.614. The molecule has 4 nitrogen and oxygen atoms in total. The van der Waals surface area contributed by atoms with Crippen LogP contribution in [0.3, 0.4) is 0 Å². The van der Waals surface area contributed by atoms with Crippen LogP contribution in [-0.2, 0) is 6.42 Å². The predicted molar refractivity (Wildman–Crippen MR) is 85.2 cm³/mol. The molecule has 110 valence electrons. The number of rotatable bonds is 4. The Bertz CT molecular complexity index is 470. The quantitative estimate of drug-likeness (QED) is 0.346. The van der Waals surface area contributed by atoms with Crippen molar-refractivity contribution in [3.8, 4) is 0 Å². The lowest BCUT2D eigenvalue weighted by Crippen LogP contribution is -2.45. The van der Waals surface area contributed by atoms with Crippen molar-refractivity contribution in [3.63, 3.8) is 0 Å². The van der Waals surface area contributed by atoms with E-state index in [-0.39, 0.29) is 0 Å². The minimum absolute atomic E-state index is 0.490. The van der Waals surface area contributed by atoms with E-state index < -0.39 is 0 Å². The highest BCUT2D eigenvalue weighted by Gasteiger charge is 2.15. The molecule has 1 aliphatic carbocycles. The van der Waals surface area contributed by atoms with E-state index >= 15 is 0 Å². The Labute approximate surface area is 129 Å². The summed E-state index contributed by atoms with van der Waals surface area (Å²) in [5.41, 5.74) is 3.66. The van der Waals surface area contributed by atoms with Crippen molar-refractivity contribution in [2.75, 3.05) is 6.54 Å². The highest BCUT2D eigenvalue weighted by atomic mass is 35.5. The van der Waals surface area contributed by atoms with Crippen molar-refractivity contribution in [3.05, 3.63) is 33.8 Å². The summed E-state index contributed by atoms with van der Waals surface area (Å²) in [6.45, 7) is 0.626. The number of hydrogen-bond donors (Lipinski definition) is 3. The van der Waals surface area contributed by atoms with Crippen LogP contribution in [0.5, 0.6) is 0 Å². The summed E-state index contributed by atoms with van der Waals surface area (Å²) in [6, 6.07) is 6.01. The minimum atomic E-state index is 0.490. The number of nitrogens with zero attached hydrogens (tertiary/aromatic N) is 1. The molecule has 2 rings (SSSR count). The van der Waals surface area contributed by atoms with Crippen LogP contribution >= 0.6 is 23.2 Å². The Morgan fingerprint density at radius 3 is 2.70 bits per heavy atom. The van der Waals surface area contributed by atoms with Gasteiger partial charge in [0.15, 0.2) is 0 Å². The standard InChI is InChI=1S/C14H20Cl2N4/c15-11-6-5-10(13(16)9-11)7-8-18-14(20-17)19-12-3-1-2-4-12/h5-6,9,12H,1-4,7-8,17H2,(H2,18,19,20). The molecule has 0 aromatic heterocycles. The van der Waals surface area contributed by atoms with Gasteiger partial charge in [0.05, 0.1) is 0 Å². The average molecular weight is 315 g/mol. The monoisotopic (exact) mass is 314 g/mol. The van der Waals surface area contributed by atoms with Gasteiger partial charge in [0, 0.05) is 22.6 Å². The maximum atomic E-state index is 6.13. The Kier molecular flexibility index (Phi) is 5.95. The molecule has 1 aromatic rings. The van der Waals surface area contributed by atoms with Crippen molar-refractivity contribution < 1.29 is 0 Å². The van der Waals surface area contributed by atoms with Gasteiger partial charge in [0.2, 0.25) is 5.96 Å². The molecule has 1 fully saturated rings. The number of halogens is 2. The lowest BCUT2D eigenvalue weighted by Gasteiger charge is -2.15. The van der Waals surface area contributed by atoms with Crippen molar-refractivity contribution in [2.24, 2.45) is 10.8 Å². The van der Waals surface area contributed by atoms with E-state index in [1.165, 1.54) is 25.7 Å². The molecule has 6 heteroatoms. The van der Waals surface area contributed by atoms with E-state index in [1.807, 2.05) is 12.1 Å².